The van der Waals surface area contributed by atoms with Gasteiger partial charge in [0.1, 0.15) is 0 Å². The molecule has 0 atom stereocenters. The van der Waals surface area contributed by atoms with E-state index < -0.39 is 0 Å². The molecule has 1 saturated heterocycles. The Labute approximate surface area is 226 Å². The van der Waals surface area contributed by atoms with Gasteiger partial charge in [-0.3, -0.25) is 14.5 Å². The molecule has 3 heterocycles. The Hall–Kier alpha value is -3.06. The zero-order valence-corrected chi connectivity index (χ0v) is 22.7. The van der Waals surface area contributed by atoms with Crippen LogP contribution in [0, 0.1) is 0 Å². The minimum Gasteiger partial charge on any atom is -0.454 e. The number of amides is 2. The van der Waals surface area contributed by atoms with E-state index in [0.717, 1.165) is 74.7 Å². The van der Waals surface area contributed by atoms with Gasteiger partial charge < -0.3 is 19.3 Å². The van der Waals surface area contributed by atoms with Crippen molar-refractivity contribution >= 4 is 17.5 Å². The minimum atomic E-state index is 0.119. The normalized spacial score (nSPS) is 19.7. The van der Waals surface area contributed by atoms with Crippen molar-refractivity contribution in [2.45, 2.75) is 77.3 Å². The Bertz CT molecular complexity index is 1110. The Morgan fingerprint density at radius 3 is 2.34 bits per heavy atom. The highest BCUT2D eigenvalue weighted by molar-refractivity contribution is 5.92. The second-order valence-electron chi connectivity index (χ2n) is 10.9. The van der Waals surface area contributed by atoms with E-state index in [4.69, 9.17) is 9.47 Å². The van der Waals surface area contributed by atoms with Crippen LogP contribution >= 0.6 is 0 Å². The van der Waals surface area contributed by atoms with E-state index in [1.165, 1.54) is 37.7 Å². The van der Waals surface area contributed by atoms with Gasteiger partial charge in [-0.25, -0.2) is 0 Å². The average Bonchev–Trinajstić information content (AvgIpc) is 3.40. The molecule has 0 bridgehead atoms. The first-order chi connectivity index (χ1) is 18.6. The van der Waals surface area contributed by atoms with Crippen molar-refractivity contribution in [2.24, 2.45) is 0 Å². The van der Waals surface area contributed by atoms with Crippen LogP contribution in [0.3, 0.4) is 0 Å². The highest BCUT2D eigenvalue weighted by atomic mass is 16.7. The standard InChI is InChI=1S/C31H41N3O4/c1-24(35)34-17-9-5-3-2-4-8-16-33(22-26-10-6-7-11-28(26)34)27-14-18-32(19-15-27)31(36)21-25-12-13-29-30(20-25)38-23-37-29/h6-7,10-13,20,27H,2-5,8-9,14-19,21-23H2,1H3. The van der Waals surface area contributed by atoms with Gasteiger partial charge in [0.15, 0.2) is 11.5 Å². The summed E-state index contributed by atoms with van der Waals surface area (Å²) < 4.78 is 10.9. The molecule has 5 rings (SSSR count). The molecule has 3 aliphatic heterocycles. The average molecular weight is 520 g/mol. The van der Waals surface area contributed by atoms with E-state index >= 15 is 0 Å². The van der Waals surface area contributed by atoms with E-state index in [0.29, 0.717) is 12.5 Å². The van der Waals surface area contributed by atoms with Crippen LogP contribution in [0.5, 0.6) is 11.5 Å². The van der Waals surface area contributed by atoms with Crippen LogP contribution in [-0.2, 0) is 22.6 Å². The number of fused-ring (bicyclic) bond motifs is 2. The molecule has 38 heavy (non-hydrogen) atoms. The number of anilines is 1. The lowest BCUT2D eigenvalue weighted by Gasteiger charge is -2.39. The maximum absolute atomic E-state index is 13.1. The molecule has 2 aromatic carbocycles. The summed E-state index contributed by atoms with van der Waals surface area (Å²) in [6.07, 6.45) is 9.51. The van der Waals surface area contributed by atoms with Gasteiger partial charge in [0.05, 0.1) is 6.42 Å². The largest absolute Gasteiger partial charge is 0.454 e. The number of ether oxygens (including phenoxy) is 2. The number of hydrogen-bond donors (Lipinski definition) is 0. The molecule has 0 spiro atoms. The van der Waals surface area contributed by atoms with Gasteiger partial charge in [0, 0.05) is 44.8 Å². The number of carbonyl (C=O) groups is 2. The molecule has 0 saturated carbocycles. The van der Waals surface area contributed by atoms with E-state index in [1.54, 1.807) is 6.92 Å². The molecular weight excluding hydrogens is 478 g/mol. The summed E-state index contributed by atoms with van der Waals surface area (Å²) in [5.41, 5.74) is 3.25. The van der Waals surface area contributed by atoms with Gasteiger partial charge in [-0.05, 0) is 61.6 Å². The van der Waals surface area contributed by atoms with Crippen LogP contribution in [0.4, 0.5) is 5.69 Å². The lowest BCUT2D eigenvalue weighted by Crippen LogP contribution is -2.47. The third-order valence-corrected chi connectivity index (χ3v) is 8.24. The Balaban J connectivity index is 1.24. The number of hydrogen-bond acceptors (Lipinski definition) is 5. The molecule has 1 fully saturated rings. The third-order valence-electron chi connectivity index (χ3n) is 8.24. The summed E-state index contributed by atoms with van der Waals surface area (Å²) in [6.45, 7) is 6.19. The van der Waals surface area contributed by atoms with Gasteiger partial charge in [0.2, 0.25) is 18.6 Å². The SMILES string of the molecule is CC(=O)N1CCCCCCCCN(C2CCN(C(=O)Cc3ccc4c(c3)OCO4)CC2)Cc2ccccc21. The lowest BCUT2D eigenvalue weighted by molar-refractivity contribution is -0.132. The number of para-hydroxylation sites is 1. The van der Waals surface area contributed by atoms with Crippen LogP contribution in [0.15, 0.2) is 42.5 Å². The van der Waals surface area contributed by atoms with Gasteiger partial charge in [-0.15, -0.1) is 0 Å². The molecular formula is C31H41N3O4. The molecule has 0 aliphatic carbocycles. The molecule has 0 aromatic heterocycles. The lowest BCUT2D eigenvalue weighted by atomic mass is 10.00. The van der Waals surface area contributed by atoms with Crippen LogP contribution in [-0.4, -0.2) is 60.6 Å². The summed E-state index contributed by atoms with van der Waals surface area (Å²) in [7, 11) is 0. The molecule has 0 N–H and O–H groups in total. The number of benzene rings is 2. The Kier molecular flexibility index (Phi) is 8.84. The van der Waals surface area contributed by atoms with E-state index in [9.17, 15) is 9.59 Å². The van der Waals surface area contributed by atoms with Crippen LogP contribution in [0.25, 0.3) is 0 Å². The second-order valence-corrected chi connectivity index (χ2v) is 10.9. The first kappa shape index (κ1) is 26.5. The maximum atomic E-state index is 13.1. The molecule has 2 amide bonds. The first-order valence-corrected chi connectivity index (χ1v) is 14.3. The second kappa shape index (κ2) is 12.7. The van der Waals surface area contributed by atoms with E-state index in [2.05, 4.69) is 23.1 Å². The van der Waals surface area contributed by atoms with Gasteiger partial charge in [-0.1, -0.05) is 49.9 Å². The zero-order valence-electron chi connectivity index (χ0n) is 22.7. The number of likely N-dealkylation sites (tertiary alicyclic amines) is 1. The van der Waals surface area contributed by atoms with Gasteiger partial charge in [0.25, 0.3) is 0 Å². The van der Waals surface area contributed by atoms with Crippen molar-refractivity contribution in [3.8, 4) is 11.5 Å². The fraction of sp³-hybridized carbons (Fsp3) is 0.548. The first-order valence-electron chi connectivity index (χ1n) is 14.3. The van der Waals surface area contributed by atoms with Crippen molar-refractivity contribution < 1.29 is 19.1 Å². The molecule has 204 valence electrons. The highest BCUT2D eigenvalue weighted by Crippen LogP contribution is 2.33. The highest BCUT2D eigenvalue weighted by Gasteiger charge is 2.28. The minimum absolute atomic E-state index is 0.119. The predicted molar refractivity (Wildman–Crippen MR) is 148 cm³/mol. The Morgan fingerprint density at radius 2 is 1.55 bits per heavy atom. The summed E-state index contributed by atoms with van der Waals surface area (Å²) in [5, 5.41) is 0. The quantitative estimate of drug-likeness (QED) is 0.561. The van der Waals surface area contributed by atoms with E-state index in [1.807, 2.05) is 34.1 Å². The fourth-order valence-electron chi connectivity index (χ4n) is 6.07. The van der Waals surface area contributed by atoms with Crippen molar-refractivity contribution in [3.63, 3.8) is 0 Å². The topological polar surface area (TPSA) is 62.3 Å². The molecule has 2 aromatic rings. The van der Waals surface area contributed by atoms with Crippen LogP contribution in [0.1, 0.15) is 69.4 Å². The summed E-state index contributed by atoms with van der Waals surface area (Å²) in [4.78, 5) is 32.3. The fourth-order valence-corrected chi connectivity index (χ4v) is 6.07. The Morgan fingerprint density at radius 1 is 0.842 bits per heavy atom. The molecule has 7 heteroatoms. The van der Waals surface area contributed by atoms with Crippen LogP contribution in [0.2, 0.25) is 0 Å². The predicted octanol–water partition coefficient (Wildman–Crippen LogP) is 5.16. The maximum Gasteiger partial charge on any atom is 0.231 e. The van der Waals surface area contributed by atoms with Crippen molar-refractivity contribution in [1.82, 2.24) is 9.80 Å². The van der Waals surface area contributed by atoms with Crippen molar-refractivity contribution in [2.75, 3.05) is 37.9 Å². The number of piperidine rings is 1. The van der Waals surface area contributed by atoms with Crippen LogP contribution < -0.4 is 14.4 Å². The summed E-state index contributed by atoms with van der Waals surface area (Å²) in [6, 6.07) is 14.6. The van der Waals surface area contributed by atoms with Gasteiger partial charge >= 0.3 is 0 Å². The van der Waals surface area contributed by atoms with Crippen molar-refractivity contribution in [3.05, 3.63) is 53.6 Å². The molecule has 3 aliphatic rings. The third kappa shape index (κ3) is 6.49. The summed E-state index contributed by atoms with van der Waals surface area (Å²) in [5.74, 6) is 1.77. The van der Waals surface area contributed by atoms with Crippen molar-refractivity contribution in [1.29, 1.82) is 0 Å². The summed E-state index contributed by atoms with van der Waals surface area (Å²) >= 11 is 0. The van der Waals surface area contributed by atoms with Gasteiger partial charge in [-0.2, -0.15) is 0 Å². The molecule has 7 nitrogen and oxygen atoms in total. The number of nitrogens with zero attached hydrogens (tertiary/aromatic N) is 3. The molecule has 0 radical (unpaired) electrons. The smallest absolute Gasteiger partial charge is 0.231 e. The van der Waals surface area contributed by atoms with E-state index in [-0.39, 0.29) is 18.6 Å². The number of rotatable bonds is 3. The number of carbonyl (C=O) groups excluding carboxylic acids is 2. The zero-order chi connectivity index (χ0) is 26.3. The monoisotopic (exact) mass is 519 g/mol. The molecule has 0 unspecified atom stereocenters.